The number of hydrogen-bond acceptors (Lipinski definition) is 3. The van der Waals surface area contributed by atoms with Crippen molar-refractivity contribution in [2.24, 2.45) is 5.73 Å². The fourth-order valence-electron chi connectivity index (χ4n) is 2.52. The highest BCUT2D eigenvalue weighted by atomic mass is 32.2. The second-order valence-corrected chi connectivity index (χ2v) is 7.18. The van der Waals surface area contributed by atoms with E-state index in [1.165, 1.54) is 11.8 Å². The van der Waals surface area contributed by atoms with Gasteiger partial charge >= 0.3 is 0 Å². The molecule has 17 heavy (non-hydrogen) atoms. The van der Waals surface area contributed by atoms with Crippen LogP contribution in [-0.4, -0.2) is 20.7 Å². The van der Waals surface area contributed by atoms with Crippen LogP contribution in [-0.2, 0) is 15.3 Å². The second kappa shape index (κ2) is 3.82. The number of benzene rings is 1. The lowest BCUT2D eigenvalue weighted by Gasteiger charge is -2.21. The molecule has 0 bridgehead atoms. The maximum Gasteiger partial charge on any atom is 0.175 e. The van der Waals surface area contributed by atoms with Crippen LogP contribution in [0.25, 0.3) is 0 Å². The largest absolute Gasteiger partial charge is 0.327 e. The monoisotopic (exact) mass is 253 g/mol. The predicted octanol–water partition coefficient (Wildman–Crippen LogP) is 1.78. The lowest BCUT2D eigenvalue weighted by Crippen LogP contribution is -2.31. The molecule has 1 aromatic rings. The third kappa shape index (κ3) is 2.11. The molecule has 1 saturated carbocycles. The van der Waals surface area contributed by atoms with Crippen molar-refractivity contribution in [2.45, 2.75) is 43.0 Å². The molecule has 1 fully saturated rings. The molecule has 2 rings (SSSR count). The summed E-state index contributed by atoms with van der Waals surface area (Å²) in [6, 6.07) is 5.72. The van der Waals surface area contributed by atoms with Gasteiger partial charge in [-0.2, -0.15) is 0 Å². The van der Waals surface area contributed by atoms with E-state index < -0.39 is 9.84 Å². The SMILES string of the molecule is Cc1cc(C2(C(C)N)CC2)ccc1S(C)(=O)=O. The molecule has 3 nitrogen and oxygen atoms in total. The predicted molar refractivity (Wildman–Crippen MR) is 68.9 cm³/mol. The number of aryl methyl sites for hydroxylation is 1. The van der Waals surface area contributed by atoms with E-state index in [-0.39, 0.29) is 11.5 Å². The average molecular weight is 253 g/mol. The van der Waals surface area contributed by atoms with E-state index in [1.807, 2.05) is 26.0 Å². The number of hydrogen-bond donors (Lipinski definition) is 1. The van der Waals surface area contributed by atoms with Crippen LogP contribution in [0.4, 0.5) is 0 Å². The van der Waals surface area contributed by atoms with Gasteiger partial charge in [-0.1, -0.05) is 12.1 Å². The number of sulfone groups is 1. The molecule has 2 N–H and O–H groups in total. The summed E-state index contributed by atoms with van der Waals surface area (Å²) in [5, 5.41) is 0. The zero-order chi connectivity index (χ0) is 12.8. The van der Waals surface area contributed by atoms with Crippen molar-refractivity contribution in [2.75, 3.05) is 6.26 Å². The van der Waals surface area contributed by atoms with Crippen LogP contribution in [0.3, 0.4) is 0 Å². The van der Waals surface area contributed by atoms with Crippen LogP contribution in [0.2, 0.25) is 0 Å². The summed E-state index contributed by atoms with van der Waals surface area (Å²) in [6.07, 6.45) is 3.44. The molecule has 4 heteroatoms. The van der Waals surface area contributed by atoms with Crippen LogP contribution < -0.4 is 5.73 Å². The Balaban J connectivity index is 2.46. The quantitative estimate of drug-likeness (QED) is 0.893. The standard InChI is InChI=1S/C13H19NO2S/c1-9-8-11(13(6-7-13)10(2)14)4-5-12(9)17(3,15)16/h4-5,8,10H,6-7,14H2,1-3H3. The Morgan fingerprint density at radius 1 is 1.35 bits per heavy atom. The maximum atomic E-state index is 11.5. The van der Waals surface area contributed by atoms with E-state index >= 15 is 0 Å². The summed E-state index contributed by atoms with van der Waals surface area (Å²) >= 11 is 0. The third-order valence-corrected chi connectivity index (χ3v) is 5.07. The summed E-state index contributed by atoms with van der Waals surface area (Å²) in [5.41, 5.74) is 8.10. The van der Waals surface area contributed by atoms with E-state index in [0.717, 1.165) is 18.4 Å². The van der Waals surface area contributed by atoms with Crippen LogP contribution in [0, 0.1) is 6.92 Å². The van der Waals surface area contributed by atoms with E-state index in [2.05, 4.69) is 0 Å². The third-order valence-electron chi connectivity index (χ3n) is 3.81. The van der Waals surface area contributed by atoms with Crippen molar-refractivity contribution < 1.29 is 8.42 Å². The van der Waals surface area contributed by atoms with Gasteiger partial charge in [0.1, 0.15) is 0 Å². The summed E-state index contributed by atoms with van der Waals surface area (Å²) in [5.74, 6) is 0. The van der Waals surface area contributed by atoms with E-state index in [4.69, 9.17) is 5.73 Å². The molecule has 1 atom stereocenters. The molecule has 1 unspecified atom stereocenters. The maximum absolute atomic E-state index is 11.5. The first-order valence-electron chi connectivity index (χ1n) is 5.84. The minimum atomic E-state index is -3.13. The summed E-state index contributed by atoms with van der Waals surface area (Å²) in [7, 11) is -3.13. The molecule has 94 valence electrons. The lowest BCUT2D eigenvalue weighted by molar-refractivity contribution is 0.555. The second-order valence-electron chi connectivity index (χ2n) is 5.20. The minimum Gasteiger partial charge on any atom is -0.327 e. The van der Waals surface area contributed by atoms with Gasteiger partial charge in [-0.15, -0.1) is 0 Å². The molecule has 1 aromatic carbocycles. The molecule has 0 heterocycles. The molecule has 0 saturated heterocycles. The van der Waals surface area contributed by atoms with Gasteiger partial charge in [0.25, 0.3) is 0 Å². The van der Waals surface area contributed by atoms with E-state index in [1.54, 1.807) is 6.07 Å². The molecular weight excluding hydrogens is 234 g/mol. The average Bonchev–Trinajstić information content (AvgIpc) is 2.95. The van der Waals surface area contributed by atoms with Gasteiger partial charge in [-0.3, -0.25) is 0 Å². The molecule has 0 spiro atoms. The van der Waals surface area contributed by atoms with Gasteiger partial charge < -0.3 is 5.73 Å². The molecule has 1 aliphatic rings. The summed E-state index contributed by atoms with van der Waals surface area (Å²) < 4.78 is 23.1. The van der Waals surface area contributed by atoms with Crippen molar-refractivity contribution in [1.29, 1.82) is 0 Å². The summed E-state index contributed by atoms with van der Waals surface area (Å²) in [6.45, 7) is 3.87. The molecule has 0 aliphatic heterocycles. The van der Waals surface area contributed by atoms with Crippen molar-refractivity contribution in [3.05, 3.63) is 29.3 Å². The smallest absolute Gasteiger partial charge is 0.175 e. The van der Waals surface area contributed by atoms with Gasteiger partial charge in [0.2, 0.25) is 0 Å². The fraction of sp³-hybridized carbons (Fsp3) is 0.538. The highest BCUT2D eigenvalue weighted by Crippen LogP contribution is 2.50. The first kappa shape index (κ1) is 12.6. The zero-order valence-corrected chi connectivity index (χ0v) is 11.3. The molecular formula is C13H19NO2S. The van der Waals surface area contributed by atoms with Gasteiger partial charge in [-0.25, -0.2) is 8.42 Å². The van der Waals surface area contributed by atoms with Crippen molar-refractivity contribution in [3.8, 4) is 0 Å². The Morgan fingerprint density at radius 3 is 2.29 bits per heavy atom. The van der Waals surface area contributed by atoms with Crippen molar-refractivity contribution in [1.82, 2.24) is 0 Å². The Labute approximate surface area is 103 Å². The molecule has 0 aromatic heterocycles. The highest BCUT2D eigenvalue weighted by molar-refractivity contribution is 7.90. The van der Waals surface area contributed by atoms with Gasteiger partial charge in [0, 0.05) is 17.7 Å². The topological polar surface area (TPSA) is 60.2 Å². The molecule has 0 radical (unpaired) electrons. The van der Waals surface area contributed by atoms with E-state index in [9.17, 15) is 8.42 Å². The van der Waals surface area contributed by atoms with Gasteiger partial charge in [-0.05, 0) is 43.9 Å². The molecule has 0 amide bonds. The first-order chi connectivity index (χ1) is 7.77. The van der Waals surface area contributed by atoms with E-state index in [0.29, 0.717) is 4.90 Å². The fourth-order valence-corrected chi connectivity index (χ4v) is 3.48. The van der Waals surface area contributed by atoms with Crippen LogP contribution >= 0.6 is 0 Å². The van der Waals surface area contributed by atoms with Crippen LogP contribution in [0.15, 0.2) is 23.1 Å². The zero-order valence-electron chi connectivity index (χ0n) is 10.5. The number of nitrogens with two attached hydrogens (primary N) is 1. The molecule has 1 aliphatic carbocycles. The Hall–Kier alpha value is -0.870. The minimum absolute atomic E-state index is 0.0841. The Bertz CT molecular complexity index is 543. The Kier molecular flexibility index (Phi) is 2.83. The van der Waals surface area contributed by atoms with Crippen molar-refractivity contribution >= 4 is 9.84 Å². The highest BCUT2D eigenvalue weighted by Gasteiger charge is 2.47. The lowest BCUT2D eigenvalue weighted by atomic mass is 9.89. The van der Waals surface area contributed by atoms with Crippen molar-refractivity contribution in [3.63, 3.8) is 0 Å². The Morgan fingerprint density at radius 2 is 1.94 bits per heavy atom. The normalized spacial score (nSPS) is 20.0. The number of rotatable bonds is 3. The first-order valence-corrected chi connectivity index (χ1v) is 7.73. The van der Waals surface area contributed by atoms with Gasteiger partial charge in [0.15, 0.2) is 9.84 Å². The van der Waals surface area contributed by atoms with Crippen LogP contribution in [0.5, 0.6) is 0 Å². The van der Waals surface area contributed by atoms with Gasteiger partial charge in [0.05, 0.1) is 4.90 Å². The van der Waals surface area contributed by atoms with Crippen LogP contribution in [0.1, 0.15) is 30.9 Å². The summed E-state index contributed by atoms with van der Waals surface area (Å²) in [4.78, 5) is 0.418.